The van der Waals surface area contributed by atoms with Gasteiger partial charge in [0.15, 0.2) is 0 Å². The van der Waals surface area contributed by atoms with E-state index in [1.165, 1.54) is 11.3 Å². The quantitative estimate of drug-likeness (QED) is 0.878. The number of nitrogens with zero attached hydrogens (tertiary/aromatic N) is 1. The Labute approximate surface area is 89.1 Å². The molecule has 0 aromatic carbocycles. The molecular weight excluding hydrogens is 229 g/mol. The van der Waals surface area contributed by atoms with E-state index in [1.54, 1.807) is 13.1 Å². The van der Waals surface area contributed by atoms with Gasteiger partial charge in [-0.3, -0.25) is 0 Å². The van der Waals surface area contributed by atoms with Gasteiger partial charge in [0.25, 0.3) is 0 Å². The van der Waals surface area contributed by atoms with Crippen LogP contribution in [0, 0.1) is 0 Å². The van der Waals surface area contributed by atoms with Crippen LogP contribution in [0.2, 0.25) is 0 Å². The summed E-state index contributed by atoms with van der Waals surface area (Å²) < 4.78 is 39.6. The van der Waals surface area contributed by atoms with E-state index in [-0.39, 0.29) is 12.6 Å². The van der Waals surface area contributed by atoms with Crippen molar-refractivity contribution < 1.29 is 17.9 Å². The highest BCUT2D eigenvalue weighted by Gasteiger charge is 2.27. The van der Waals surface area contributed by atoms with Crippen molar-refractivity contribution in [3.63, 3.8) is 0 Å². The summed E-state index contributed by atoms with van der Waals surface area (Å²) in [7, 11) is 0. The summed E-state index contributed by atoms with van der Waals surface area (Å²) in [6, 6.07) is -0.154. The van der Waals surface area contributed by atoms with Gasteiger partial charge in [-0.1, -0.05) is 0 Å². The number of aromatic nitrogens is 1. The maximum atomic E-state index is 11.7. The highest BCUT2D eigenvalue weighted by atomic mass is 32.1. The molecule has 3 nitrogen and oxygen atoms in total. The Morgan fingerprint density at radius 3 is 2.73 bits per heavy atom. The van der Waals surface area contributed by atoms with Crippen LogP contribution in [0.25, 0.3) is 0 Å². The van der Waals surface area contributed by atoms with Crippen molar-refractivity contribution in [3.05, 3.63) is 16.1 Å². The van der Waals surface area contributed by atoms with Crippen LogP contribution in [0.15, 0.2) is 6.20 Å². The van der Waals surface area contributed by atoms with Gasteiger partial charge in [0.1, 0.15) is 11.6 Å². The highest BCUT2D eigenvalue weighted by molar-refractivity contribution is 7.11. The largest absolute Gasteiger partial charge is 0.411 e. The molecule has 1 rings (SSSR count). The molecule has 86 valence electrons. The summed E-state index contributed by atoms with van der Waals surface area (Å²) in [4.78, 5) is 4.74. The minimum Gasteiger partial charge on any atom is -0.365 e. The van der Waals surface area contributed by atoms with Crippen molar-refractivity contribution in [1.82, 2.24) is 4.98 Å². The van der Waals surface area contributed by atoms with Crippen LogP contribution >= 0.6 is 11.3 Å². The Morgan fingerprint density at radius 2 is 2.27 bits per heavy atom. The zero-order chi connectivity index (χ0) is 11.5. The van der Waals surface area contributed by atoms with Gasteiger partial charge < -0.3 is 10.5 Å². The average molecular weight is 240 g/mol. The second-order valence-electron chi connectivity index (χ2n) is 3.05. The lowest BCUT2D eigenvalue weighted by molar-refractivity contribution is -0.176. The van der Waals surface area contributed by atoms with Crippen molar-refractivity contribution in [2.75, 3.05) is 6.61 Å². The van der Waals surface area contributed by atoms with Crippen LogP contribution in [-0.2, 0) is 11.3 Å². The number of nitrogens with two attached hydrogens (primary N) is 1. The zero-order valence-electron chi connectivity index (χ0n) is 8.04. The molecule has 0 aliphatic carbocycles. The topological polar surface area (TPSA) is 48.1 Å². The minimum absolute atomic E-state index is 0.128. The first kappa shape index (κ1) is 12.4. The molecule has 0 aliphatic heterocycles. The van der Waals surface area contributed by atoms with Gasteiger partial charge in [-0.05, 0) is 6.92 Å². The van der Waals surface area contributed by atoms with Crippen LogP contribution in [0.5, 0.6) is 0 Å². The van der Waals surface area contributed by atoms with E-state index in [9.17, 15) is 13.2 Å². The fourth-order valence-electron chi connectivity index (χ4n) is 0.856. The zero-order valence-corrected chi connectivity index (χ0v) is 8.86. The standard InChI is InChI=1S/C8H11F3N2OS/c1-5(12)6-2-13-7(15-6)3-14-4-8(9,10)11/h2,5H,3-4,12H2,1H3. The highest BCUT2D eigenvalue weighted by Crippen LogP contribution is 2.20. The molecule has 0 radical (unpaired) electrons. The molecule has 0 fully saturated rings. The second kappa shape index (κ2) is 4.91. The van der Waals surface area contributed by atoms with E-state index in [1.807, 2.05) is 0 Å². The third-order valence-corrected chi connectivity index (χ3v) is 2.68. The summed E-state index contributed by atoms with van der Waals surface area (Å²) in [5, 5.41) is 0.506. The number of ether oxygens (including phenoxy) is 1. The fraction of sp³-hybridized carbons (Fsp3) is 0.625. The molecule has 0 aliphatic rings. The Kier molecular flexibility index (Phi) is 4.06. The number of hydrogen-bond acceptors (Lipinski definition) is 4. The lowest BCUT2D eigenvalue weighted by Crippen LogP contribution is -2.16. The van der Waals surface area contributed by atoms with Gasteiger partial charge >= 0.3 is 6.18 Å². The number of thiazole rings is 1. The molecule has 1 aromatic rings. The minimum atomic E-state index is -4.29. The average Bonchev–Trinajstić information content (AvgIpc) is 2.50. The third kappa shape index (κ3) is 4.59. The third-order valence-electron chi connectivity index (χ3n) is 1.51. The summed E-state index contributed by atoms with van der Waals surface area (Å²) in [6.45, 7) is 0.408. The summed E-state index contributed by atoms with van der Waals surface area (Å²) >= 11 is 1.26. The Hall–Kier alpha value is -0.660. The SMILES string of the molecule is CC(N)c1cnc(COCC(F)(F)F)s1. The van der Waals surface area contributed by atoms with Gasteiger partial charge in [0.05, 0.1) is 6.61 Å². The first-order chi connectivity index (χ1) is 6.88. The monoisotopic (exact) mass is 240 g/mol. The van der Waals surface area contributed by atoms with E-state index >= 15 is 0 Å². The maximum Gasteiger partial charge on any atom is 0.411 e. The van der Waals surface area contributed by atoms with Crippen molar-refractivity contribution in [2.24, 2.45) is 5.73 Å². The second-order valence-corrected chi connectivity index (χ2v) is 4.20. The lowest BCUT2D eigenvalue weighted by atomic mass is 10.3. The first-order valence-corrected chi connectivity index (χ1v) is 5.05. The summed E-state index contributed by atoms with van der Waals surface area (Å²) in [6.07, 6.45) is -2.73. The Bertz CT molecular complexity index is 311. The predicted octanol–water partition coefficient (Wildman–Crippen LogP) is 2.24. The van der Waals surface area contributed by atoms with Crippen LogP contribution < -0.4 is 5.73 Å². The molecular formula is C8H11F3N2OS. The van der Waals surface area contributed by atoms with E-state index < -0.39 is 12.8 Å². The van der Waals surface area contributed by atoms with E-state index in [4.69, 9.17) is 5.73 Å². The molecule has 1 heterocycles. The van der Waals surface area contributed by atoms with Crippen molar-refractivity contribution in [1.29, 1.82) is 0 Å². The Balaban J connectivity index is 2.38. The predicted molar refractivity (Wildman–Crippen MR) is 50.4 cm³/mol. The van der Waals surface area contributed by atoms with Gasteiger partial charge in [0.2, 0.25) is 0 Å². The smallest absolute Gasteiger partial charge is 0.365 e. The van der Waals surface area contributed by atoms with Gasteiger partial charge in [0, 0.05) is 17.1 Å². The number of rotatable bonds is 4. The van der Waals surface area contributed by atoms with Crippen molar-refractivity contribution >= 4 is 11.3 Å². The molecule has 0 bridgehead atoms. The molecule has 1 atom stereocenters. The van der Waals surface area contributed by atoms with Crippen LogP contribution in [0.4, 0.5) is 13.2 Å². The molecule has 0 saturated carbocycles. The summed E-state index contributed by atoms with van der Waals surface area (Å²) in [5.41, 5.74) is 5.57. The van der Waals surface area contributed by atoms with Crippen molar-refractivity contribution in [3.8, 4) is 0 Å². The summed E-state index contributed by atoms with van der Waals surface area (Å²) in [5.74, 6) is 0. The number of hydrogen-bond donors (Lipinski definition) is 1. The molecule has 2 N–H and O–H groups in total. The van der Waals surface area contributed by atoms with Gasteiger partial charge in [-0.15, -0.1) is 11.3 Å². The first-order valence-electron chi connectivity index (χ1n) is 4.23. The molecule has 0 saturated heterocycles. The van der Waals surface area contributed by atoms with E-state index in [0.29, 0.717) is 5.01 Å². The van der Waals surface area contributed by atoms with Crippen molar-refractivity contribution in [2.45, 2.75) is 25.7 Å². The van der Waals surface area contributed by atoms with E-state index in [2.05, 4.69) is 9.72 Å². The number of alkyl halides is 3. The molecule has 7 heteroatoms. The number of halogens is 3. The maximum absolute atomic E-state index is 11.7. The van der Waals surface area contributed by atoms with Gasteiger partial charge in [-0.2, -0.15) is 13.2 Å². The Morgan fingerprint density at radius 1 is 1.60 bits per heavy atom. The normalized spacial score (nSPS) is 14.2. The van der Waals surface area contributed by atoms with Crippen LogP contribution in [0.1, 0.15) is 22.9 Å². The van der Waals surface area contributed by atoms with Crippen LogP contribution in [0.3, 0.4) is 0 Å². The molecule has 1 unspecified atom stereocenters. The van der Waals surface area contributed by atoms with Crippen LogP contribution in [-0.4, -0.2) is 17.8 Å². The molecule has 15 heavy (non-hydrogen) atoms. The fourth-order valence-corrected chi connectivity index (χ4v) is 1.67. The molecule has 1 aromatic heterocycles. The lowest BCUT2D eigenvalue weighted by Gasteiger charge is -2.05. The molecule has 0 spiro atoms. The van der Waals surface area contributed by atoms with Gasteiger partial charge in [-0.25, -0.2) is 4.98 Å². The van der Waals surface area contributed by atoms with E-state index in [0.717, 1.165) is 4.88 Å². The molecule has 0 amide bonds.